The second-order valence-electron chi connectivity index (χ2n) is 4.66. The molecule has 0 radical (unpaired) electrons. The van der Waals surface area contributed by atoms with Crippen molar-refractivity contribution >= 4 is 29.2 Å². The molecule has 0 amide bonds. The Balaban J connectivity index is 2.21. The predicted octanol–water partition coefficient (Wildman–Crippen LogP) is 3.72. The third-order valence-corrected chi connectivity index (χ3v) is 4.49. The lowest BCUT2D eigenvalue weighted by atomic mass is 10.1. The van der Waals surface area contributed by atoms with Crippen molar-refractivity contribution in [1.82, 2.24) is 4.98 Å². The van der Waals surface area contributed by atoms with Crippen molar-refractivity contribution in [1.29, 1.82) is 0 Å². The van der Waals surface area contributed by atoms with Gasteiger partial charge in [0.2, 0.25) is 0 Å². The van der Waals surface area contributed by atoms with Gasteiger partial charge in [-0.15, -0.1) is 11.6 Å². The molecule has 1 aliphatic heterocycles. The number of thioether (sulfide) groups is 1. The fraction of sp³-hybridized carbons (Fsp3) is 0.643. The molecule has 0 atom stereocenters. The molecule has 2 nitrogen and oxygen atoms in total. The van der Waals surface area contributed by atoms with Gasteiger partial charge < -0.3 is 4.90 Å². The van der Waals surface area contributed by atoms with Gasteiger partial charge in [0.25, 0.3) is 0 Å². The molecule has 0 saturated carbocycles. The van der Waals surface area contributed by atoms with Gasteiger partial charge in [0.15, 0.2) is 0 Å². The van der Waals surface area contributed by atoms with Crippen LogP contribution in [0.5, 0.6) is 0 Å². The van der Waals surface area contributed by atoms with Crippen molar-refractivity contribution in [2.24, 2.45) is 0 Å². The van der Waals surface area contributed by atoms with Crippen LogP contribution in [0.3, 0.4) is 0 Å². The van der Waals surface area contributed by atoms with E-state index in [2.05, 4.69) is 24.0 Å². The number of anilines is 1. The maximum atomic E-state index is 5.99. The topological polar surface area (TPSA) is 16.1 Å². The summed E-state index contributed by atoms with van der Waals surface area (Å²) in [7, 11) is 0. The number of aromatic nitrogens is 1. The predicted molar refractivity (Wildman–Crippen MR) is 81.9 cm³/mol. The number of nitrogens with zero attached hydrogens (tertiary/aromatic N) is 2. The molecule has 4 heteroatoms. The van der Waals surface area contributed by atoms with Crippen molar-refractivity contribution in [3.63, 3.8) is 0 Å². The molecule has 0 aliphatic carbocycles. The van der Waals surface area contributed by atoms with Crippen LogP contribution in [-0.2, 0) is 12.3 Å². The van der Waals surface area contributed by atoms with Crippen LogP contribution in [-0.4, -0.2) is 29.6 Å². The summed E-state index contributed by atoms with van der Waals surface area (Å²) in [5, 5.41) is 0. The Bertz CT molecular complexity index is 376. The first-order chi connectivity index (χ1) is 8.83. The Morgan fingerprint density at radius 1 is 1.33 bits per heavy atom. The standard InChI is InChI=1S/C14H21ClN2S/c1-2-4-13-9-12(11-15)10-14(16-13)17-5-3-7-18-8-6-17/h9-10H,2-8,11H2,1H3. The molecule has 2 heterocycles. The fourth-order valence-corrected chi connectivity index (χ4v) is 3.27. The highest BCUT2D eigenvalue weighted by molar-refractivity contribution is 7.99. The molecule has 0 bridgehead atoms. The van der Waals surface area contributed by atoms with E-state index in [0.29, 0.717) is 5.88 Å². The molecular weight excluding hydrogens is 264 g/mol. The van der Waals surface area contributed by atoms with Crippen LogP contribution in [0.15, 0.2) is 12.1 Å². The third kappa shape index (κ3) is 3.79. The summed E-state index contributed by atoms with van der Waals surface area (Å²) in [4.78, 5) is 7.21. The molecule has 18 heavy (non-hydrogen) atoms. The minimum absolute atomic E-state index is 0.578. The van der Waals surface area contributed by atoms with E-state index in [9.17, 15) is 0 Å². The first-order valence-electron chi connectivity index (χ1n) is 6.72. The highest BCUT2D eigenvalue weighted by Gasteiger charge is 2.12. The van der Waals surface area contributed by atoms with Crippen LogP contribution in [0, 0.1) is 0 Å². The number of alkyl halides is 1. The van der Waals surface area contributed by atoms with Crippen LogP contribution in [0.4, 0.5) is 5.82 Å². The molecule has 1 saturated heterocycles. The van der Waals surface area contributed by atoms with Gasteiger partial charge in [-0.3, -0.25) is 0 Å². The molecule has 0 N–H and O–H groups in total. The average Bonchev–Trinajstić information content (AvgIpc) is 2.67. The third-order valence-electron chi connectivity index (χ3n) is 3.13. The molecule has 0 unspecified atom stereocenters. The lowest BCUT2D eigenvalue weighted by molar-refractivity contribution is 0.788. The number of aryl methyl sites for hydroxylation is 1. The molecule has 1 aromatic heterocycles. The first-order valence-corrected chi connectivity index (χ1v) is 8.41. The monoisotopic (exact) mass is 284 g/mol. The van der Waals surface area contributed by atoms with Gasteiger partial charge in [0.05, 0.1) is 0 Å². The Hall–Kier alpha value is -0.410. The number of hydrogen-bond acceptors (Lipinski definition) is 3. The van der Waals surface area contributed by atoms with Crippen molar-refractivity contribution < 1.29 is 0 Å². The second kappa shape index (κ2) is 7.25. The zero-order chi connectivity index (χ0) is 12.8. The summed E-state index contributed by atoms with van der Waals surface area (Å²) in [5.41, 5.74) is 2.38. The van der Waals surface area contributed by atoms with E-state index in [4.69, 9.17) is 16.6 Å². The van der Waals surface area contributed by atoms with Crippen molar-refractivity contribution in [2.45, 2.75) is 32.1 Å². The van der Waals surface area contributed by atoms with Gasteiger partial charge in [-0.25, -0.2) is 4.98 Å². The van der Waals surface area contributed by atoms with Crippen molar-refractivity contribution in [3.8, 4) is 0 Å². The quantitative estimate of drug-likeness (QED) is 0.784. The van der Waals surface area contributed by atoms with Crippen LogP contribution >= 0.6 is 23.4 Å². The lowest BCUT2D eigenvalue weighted by Crippen LogP contribution is -2.26. The van der Waals surface area contributed by atoms with E-state index in [-0.39, 0.29) is 0 Å². The second-order valence-corrected chi connectivity index (χ2v) is 6.15. The Kier molecular flexibility index (Phi) is 5.64. The lowest BCUT2D eigenvalue weighted by Gasteiger charge is -2.22. The zero-order valence-electron chi connectivity index (χ0n) is 11.0. The SMILES string of the molecule is CCCc1cc(CCl)cc(N2CCCSCC2)n1. The maximum Gasteiger partial charge on any atom is 0.129 e. The Labute approximate surface area is 119 Å². The van der Waals surface area contributed by atoms with E-state index < -0.39 is 0 Å². The van der Waals surface area contributed by atoms with Crippen LogP contribution in [0.25, 0.3) is 0 Å². The minimum Gasteiger partial charge on any atom is -0.356 e. The van der Waals surface area contributed by atoms with E-state index in [1.807, 2.05) is 11.8 Å². The Morgan fingerprint density at radius 2 is 2.22 bits per heavy atom. The van der Waals surface area contributed by atoms with E-state index in [1.165, 1.54) is 29.2 Å². The van der Waals surface area contributed by atoms with Gasteiger partial charge in [0.1, 0.15) is 5.82 Å². The number of hydrogen-bond donors (Lipinski definition) is 0. The molecule has 100 valence electrons. The molecule has 0 aromatic carbocycles. The fourth-order valence-electron chi connectivity index (χ4n) is 2.23. The smallest absolute Gasteiger partial charge is 0.129 e. The van der Waals surface area contributed by atoms with Crippen LogP contribution in [0.2, 0.25) is 0 Å². The summed E-state index contributed by atoms with van der Waals surface area (Å²) < 4.78 is 0. The largest absolute Gasteiger partial charge is 0.356 e. The summed E-state index contributed by atoms with van der Waals surface area (Å²) in [6.45, 7) is 4.42. The molecule has 1 aromatic rings. The van der Waals surface area contributed by atoms with Crippen LogP contribution in [0.1, 0.15) is 31.0 Å². The molecule has 1 fully saturated rings. The number of pyridine rings is 1. The summed E-state index contributed by atoms with van der Waals surface area (Å²) in [5.74, 6) is 4.18. The van der Waals surface area contributed by atoms with Crippen LogP contribution < -0.4 is 4.90 Å². The first kappa shape index (κ1) is 14.0. The summed E-state index contributed by atoms with van der Waals surface area (Å²) in [6, 6.07) is 4.30. The van der Waals surface area contributed by atoms with E-state index in [0.717, 1.165) is 31.7 Å². The van der Waals surface area contributed by atoms with Gasteiger partial charge >= 0.3 is 0 Å². The molecule has 0 spiro atoms. The van der Waals surface area contributed by atoms with Gasteiger partial charge in [0, 0.05) is 30.4 Å². The van der Waals surface area contributed by atoms with Crippen molar-refractivity contribution in [3.05, 3.63) is 23.4 Å². The minimum atomic E-state index is 0.578. The summed E-state index contributed by atoms with van der Waals surface area (Å²) in [6.07, 6.45) is 3.43. The van der Waals surface area contributed by atoms with E-state index >= 15 is 0 Å². The Morgan fingerprint density at radius 3 is 3.00 bits per heavy atom. The molecule has 1 aliphatic rings. The van der Waals surface area contributed by atoms with Crippen molar-refractivity contribution in [2.75, 3.05) is 29.5 Å². The number of halogens is 1. The van der Waals surface area contributed by atoms with Gasteiger partial charge in [-0.05, 0) is 36.3 Å². The zero-order valence-corrected chi connectivity index (χ0v) is 12.6. The van der Waals surface area contributed by atoms with Gasteiger partial charge in [-0.2, -0.15) is 11.8 Å². The average molecular weight is 285 g/mol. The highest BCUT2D eigenvalue weighted by atomic mass is 35.5. The summed E-state index contributed by atoms with van der Waals surface area (Å²) >= 11 is 8.03. The van der Waals surface area contributed by atoms with E-state index in [1.54, 1.807) is 0 Å². The normalized spacial score (nSPS) is 16.7. The van der Waals surface area contributed by atoms with Gasteiger partial charge in [-0.1, -0.05) is 13.3 Å². The highest BCUT2D eigenvalue weighted by Crippen LogP contribution is 2.20. The maximum absolute atomic E-state index is 5.99. The molecular formula is C14H21ClN2S. The molecule has 2 rings (SSSR count). The number of rotatable bonds is 4.